The fourth-order valence-corrected chi connectivity index (χ4v) is 1.63. The first kappa shape index (κ1) is 14.0. The second-order valence-electron chi connectivity index (χ2n) is 4.31. The van der Waals surface area contributed by atoms with Crippen LogP contribution in [0.2, 0.25) is 0 Å². The number of rotatable bonds is 4. The summed E-state index contributed by atoms with van der Waals surface area (Å²) in [5, 5.41) is 8.65. The van der Waals surface area contributed by atoms with Crippen molar-refractivity contribution in [2.24, 2.45) is 0 Å². The Balaban J connectivity index is 2.94. The highest BCUT2D eigenvalue weighted by atomic mass is 16.5. The molecule has 1 aromatic carbocycles. The molecule has 0 aromatic heterocycles. The zero-order chi connectivity index (χ0) is 13.7. The van der Waals surface area contributed by atoms with Gasteiger partial charge in [-0.1, -0.05) is 6.07 Å². The number of carbonyl (C=O) groups excluding carboxylic acids is 1. The average molecular weight is 246 g/mol. The van der Waals surface area contributed by atoms with E-state index >= 15 is 0 Å². The molecule has 0 N–H and O–H groups in total. The molecule has 1 atom stereocenters. The van der Waals surface area contributed by atoms with E-state index in [1.54, 1.807) is 31.2 Å². The Morgan fingerprint density at radius 3 is 2.78 bits per heavy atom. The van der Waals surface area contributed by atoms with E-state index in [4.69, 9.17) is 10.00 Å². The maximum absolute atomic E-state index is 12.2. The molecule has 0 aliphatic carbocycles. The van der Waals surface area contributed by atoms with Crippen molar-refractivity contribution in [3.05, 3.63) is 29.3 Å². The van der Waals surface area contributed by atoms with E-state index in [0.717, 1.165) is 5.56 Å². The number of hydrogen-bond acceptors (Lipinski definition) is 3. The van der Waals surface area contributed by atoms with E-state index in [1.165, 1.54) is 0 Å². The van der Waals surface area contributed by atoms with Crippen molar-refractivity contribution < 1.29 is 9.53 Å². The molecule has 0 spiro atoms. The molecule has 1 unspecified atom stereocenters. The Labute approximate surface area is 108 Å². The monoisotopic (exact) mass is 246 g/mol. The lowest BCUT2D eigenvalue weighted by atomic mass is 10.1. The van der Waals surface area contributed by atoms with Crippen molar-refractivity contribution in [2.45, 2.75) is 26.3 Å². The Morgan fingerprint density at radius 1 is 1.56 bits per heavy atom. The Morgan fingerprint density at radius 2 is 2.22 bits per heavy atom. The zero-order valence-electron chi connectivity index (χ0n) is 11.2. The van der Waals surface area contributed by atoms with Crippen LogP contribution >= 0.6 is 0 Å². The van der Waals surface area contributed by atoms with E-state index in [-0.39, 0.29) is 11.9 Å². The van der Waals surface area contributed by atoms with Crippen LogP contribution in [0.15, 0.2) is 18.2 Å². The lowest BCUT2D eigenvalue weighted by Gasteiger charge is -2.23. The van der Waals surface area contributed by atoms with E-state index in [2.05, 4.69) is 6.07 Å². The molecule has 18 heavy (non-hydrogen) atoms. The van der Waals surface area contributed by atoms with Gasteiger partial charge < -0.3 is 9.64 Å². The van der Waals surface area contributed by atoms with Crippen LogP contribution in [-0.2, 0) is 0 Å². The van der Waals surface area contributed by atoms with Gasteiger partial charge >= 0.3 is 0 Å². The average Bonchev–Trinajstić information content (AvgIpc) is 2.38. The fraction of sp³-hybridized carbons (Fsp3) is 0.429. The number of benzene rings is 1. The van der Waals surface area contributed by atoms with E-state index in [1.807, 2.05) is 19.9 Å². The fourth-order valence-electron chi connectivity index (χ4n) is 1.63. The maximum atomic E-state index is 12.2. The summed E-state index contributed by atoms with van der Waals surface area (Å²) in [6.07, 6.45) is 0.325. The summed E-state index contributed by atoms with van der Waals surface area (Å²) in [6, 6.07) is 7.32. The van der Waals surface area contributed by atoms with E-state index < -0.39 is 0 Å². The largest absolute Gasteiger partial charge is 0.496 e. The van der Waals surface area contributed by atoms with Gasteiger partial charge in [0.1, 0.15) is 5.75 Å². The molecule has 4 heteroatoms. The van der Waals surface area contributed by atoms with Crippen molar-refractivity contribution in [3.8, 4) is 11.8 Å². The molecule has 1 amide bonds. The number of aryl methyl sites for hydroxylation is 1. The molecule has 96 valence electrons. The number of methoxy groups -OCH3 is 1. The molecular formula is C14H18N2O2. The van der Waals surface area contributed by atoms with E-state index in [0.29, 0.717) is 17.7 Å². The van der Waals surface area contributed by atoms with Crippen LogP contribution in [0.1, 0.15) is 29.3 Å². The first-order valence-electron chi connectivity index (χ1n) is 5.80. The second kappa shape index (κ2) is 6.06. The van der Waals surface area contributed by atoms with Gasteiger partial charge in [-0.15, -0.1) is 0 Å². The van der Waals surface area contributed by atoms with Gasteiger partial charge in [0, 0.05) is 18.7 Å². The van der Waals surface area contributed by atoms with Crippen molar-refractivity contribution in [1.29, 1.82) is 5.26 Å². The minimum Gasteiger partial charge on any atom is -0.496 e. The van der Waals surface area contributed by atoms with Gasteiger partial charge in [-0.25, -0.2) is 0 Å². The molecule has 0 saturated heterocycles. The first-order chi connectivity index (χ1) is 8.51. The predicted octanol–water partition coefficient (Wildman–Crippen LogP) is 2.38. The maximum Gasteiger partial charge on any atom is 0.254 e. The summed E-state index contributed by atoms with van der Waals surface area (Å²) < 4.78 is 5.20. The third kappa shape index (κ3) is 3.01. The van der Waals surface area contributed by atoms with Gasteiger partial charge in [-0.2, -0.15) is 5.26 Å². The molecule has 0 fully saturated rings. The molecule has 0 saturated carbocycles. The van der Waals surface area contributed by atoms with Crippen LogP contribution in [0.5, 0.6) is 5.75 Å². The normalized spacial score (nSPS) is 11.5. The minimum absolute atomic E-state index is 0.101. The van der Waals surface area contributed by atoms with Crippen LogP contribution in [0, 0.1) is 18.3 Å². The minimum atomic E-state index is -0.102. The van der Waals surface area contributed by atoms with Crippen LogP contribution in [0.4, 0.5) is 0 Å². The van der Waals surface area contributed by atoms with Gasteiger partial charge in [0.05, 0.1) is 19.6 Å². The number of carbonyl (C=O) groups is 1. The highest BCUT2D eigenvalue weighted by molar-refractivity contribution is 5.94. The van der Waals surface area contributed by atoms with Crippen molar-refractivity contribution in [3.63, 3.8) is 0 Å². The van der Waals surface area contributed by atoms with Crippen LogP contribution in [-0.4, -0.2) is 31.0 Å². The highest BCUT2D eigenvalue weighted by Gasteiger charge is 2.18. The summed E-state index contributed by atoms with van der Waals surface area (Å²) >= 11 is 0. The predicted molar refractivity (Wildman–Crippen MR) is 69.5 cm³/mol. The lowest BCUT2D eigenvalue weighted by Crippen LogP contribution is -2.34. The molecule has 1 aromatic rings. The number of ether oxygens (including phenoxy) is 1. The number of nitriles is 1. The summed E-state index contributed by atoms with van der Waals surface area (Å²) in [4.78, 5) is 13.8. The lowest BCUT2D eigenvalue weighted by molar-refractivity contribution is 0.0746. The Bertz CT molecular complexity index is 477. The smallest absolute Gasteiger partial charge is 0.254 e. The molecular weight excluding hydrogens is 228 g/mol. The third-order valence-electron chi connectivity index (χ3n) is 3.02. The van der Waals surface area contributed by atoms with Crippen LogP contribution in [0.3, 0.4) is 0 Å². The molecule has 0 heterocycles. The molecule has 1 rings (SSSR count). The molecule has 0 aliphatic heterocycles. The van der Waals surface area contributed by atoms with Gasteiger partial charge in [0.25, 0.3) is 5.91 Å². The summed E-state index contributed by atoms with van der Waals surface area (Å²) in [5.74, 6) is 0.596. The summed E-state index contributed by atoms with van der Waals surface area (Å²) in [5.41, 5.74) is 1.56. The van der Waals surface area contributed by atoms with Gasteiger partial charge in [0.2, 0.25) is 0 Å². The van der Waals surface area contributed by atoms with Gasteiger partial charge in [-0.3, -0.25) is 4.79 Å². The van der Waals surface area contributed by atoms with Crippen molar-refractivity contribution in [2.75, 3.05) is 14.2 Å². The standard InChI is InChI=1S/C14H18N2O2/c1-10-5-6-12(9-13(10)18-4)14(17)16(3)11(2)7-8-15/h5-6,9,11H,7H2,1-4H3. The zero-order valence-corrected chi connectivity index (χ0v) is 11.2. The Hall–Kier alpha value is -2.02. The molecule has 0 radical (unpaired) electrons. The summed E-state index contributed by atoms with van der Waals surface area (Å²) in [6.45, 7) is 3.78. The van der Waals surface area contributed by atoms with Crippen LogP contribution in [0.25, 0.3) is 0 Å². The van der Waals surface area contributed by atoms with Crippen molar-refractivity contribution >= 4 is 5.91 Å². The second-order valence-corrected chi connectivity index (χ2v) is 4.31. The van der Waals surface area contributed by atoms with Crippen LogP contribution < -0.4 is 4.74 Å². The SMILES string of the molecule is COc1cc(C(=O)N(C)C(C)CC#N)ccc1C. The quantitative estimate of drug-likeness (QED) is 0.819. The number of nitrogens with zero attached hydrogens (tertiary/aromatic N) is 2. The molecule has 0 aliphatic rings. The molecule has 0 bridgehead atoms. The third-order valence-corrected chi connectivity index (χ3v) is 3.02. The summed E-state index contributed by atoms with van der Waals surface area (Å²) in [7, 11) is 3.29. The number of hydrogen-bond donors (Lipinski definition) is 0. The Kier molecular flexibility index (Phi) is 4.73. The van der Waals surface area contributed by atoms with Gasteiger partial charge in [0.15, 0.2) is 0 Å². The first-order valence-corrected chi connectivity index (χ1v) is 5.80. The molecule has 4 nitrogen and oxygen atoms in total. The van der Waals surface area contributed by atoms with E-state index in [9.17, 15) is 4.79 Å². The topological polar surface area (TPSA) is 53.3 Å². The van der Waals surface area contributed by atoms with Crippen molar-refractivity contribution in [1.82, 2.24) is 4.90 Å². The number of amides is 1. The van der Waals surface area contributed by atoms with Gasteiger partial charge in [-0.05, 0) is 31.5 Å². The highest BCUT2D eigenvalue weighted by Crippen LogP contribution is 2.20.